The number of carbonyl (C=O) groups excluding carboxylic acids is 3. The highest BCUT2D eigenvalue weighted by molar-refractivity contribution is 6.18. The third-order valence-corrected chi connectivity index (χ3v) is 6.97. The summed E-state index contributed by atoms with van der Waals surface area (Å²) in [5.41, 5.74) is -0.642. The number of halogens is 1. The third-order valence-electron chi connectivity index (χ3n) is 6.54. The highest BCUT2D eigenvalue weighted by atomic mass is 35.5. The second kappa shape index (κ2) is 8.76. The molecule has 3 aliphatic rings. The van der Waals surface area contributed by atoms with Gasteiger partial charge < -0.3 is 24.4 Å². The number of rotatable bonds is 5. The van der Waals surface area contributed by atoms with Gasteiger partial charge in [0.25, 0.3) is 0 Å². The Morgan fingerprint density at radius 2 is 2.03 bits per heavy atom. The largest absolute Gasteiger partial charge is 0.462 e. The van der Waals surface area contributed by atoms with Gasteiger partial charge in [-0.25, -0.2) is 9.59 Å². The number of hydrogen-bond donors (Lipinski definition) is 2. The van der Waals surface area contributed by atoms with E-state index < -0.39 is 53.7 Å². The molecule has 1 heterocycles. The summed E-state index contributed by atoms with van der Waals surface area (Å²) in [5.74, 6) is -3.79. The second-order valence-electron chi connectivity index (χ2n) is 8.43. The molecule has 2 saturated carbocycles. The molecule has 0 aromatic carbocycles. The quantitative estimate of drug-likeness (QED) is 0.210. The standard InChI is InChI=1S/C22H27ClO8/c1-10(5-6-29-13(4)24)20(26)30-15-7-11(2)14-8-16(25)22(28,9-23)18(14)19-17(15)12(3)21(27)31-19/h5,14-19,25,28H,2-3,6-9H2,1,4H3. The fraction of sp³-hybridized carbons (Fsp3) is 0.591. The molecule has 0 amide bonds. The number of alkyl halides is 1. The van der Waals surface area contributed by atoms with Crippen LogP contribution in [0.5, 0.6) is 0 Å². The van der Waals surface area contributed by atoms with E-state index in [0.29, 0.717) is 5.57 Å². The van der Waals surface area contributed by atoms with Gasteiger partial charge in [-0.2, -0.15) is 0 Å². The van der Waals surface area contributed by atoms with Gasteiger partial charge in [-0.05, 0) is 25.3 Å². The highest BCUT2D eigenvalue weighted by Crippen LogP contribution is 2.55. The van der Waals surface area contributed by atoms with Crippen molar-refractivity contribution in [3.8, 4) is 0 Å². The Hall–Kier alpha value is -2.16. The van der Waals surface area contributed by atoms with Crippen LogP contribution >= 0.6 is 11.6 Å². The summed E-state index contributed by atoms with van der Waals surface area (Å²) in [5, 5.41) is 21.6. The molecule has 0 aromatic rings. The van der Waals surface area contributed by atoms with Crippen LogP contribution in [0.25, 0.3) is 0 Å². The molecule has 170 valence electrons. The first-order chi connectivity index (χ1) is 14.5. The molecule has 2 N–H and O–H groups in total. The predicted octanol–water partition coefficient (Wildman–Crippen LogP) is 1.43. The maximum atomic E-state index is 12.6. The first-order valence-electron chi connectivity index (χ1n) is 10.1. The molecule has 0 aromatic heterocycles. The topological polar surface area (TPSA) is 119 Å². The van der Waals surface area contributed by atoms with E-state index in [2.05, 4.69) is 13.2 Å². The molecule has 0 radical (unpaired) electrons. The van der Waals surface area contributed by atoms with E-state index in [0.717, 1.165) is 0 Å². The van der Waals surface area contributed by atoms with Crippen LogP contribution in [-0.2, 0) is 28.6 Å². The summed E-state index contributed by atoms with van der Waals surface area (Å²) in [7, 11) is 0. The molecule has 0 spiro atoms. The fourth-order valence-electron chi connectivity index (χ4n) is 4.86. The van der Waals surface area contributed by atoms with Crippen LogP contribution in [0.3, 0.4) is 0 Å². The van der Waals surface area contributed by atoms with Crippen LogP contribution in [0.4, 0.5) is 0 Å². The molecule has 7 atom stereocenters. The number of hydrogen-bond acceptors (Lipinski definition) is 8. The van der Waals surface area contributed by atoms with Gasteiger partial charge in [0.2, 0.25) is 0 Å². The Morgan fingerprint density at radius 3 is 2.65 bits per heavy atom. The van der Waals surface area contributed by atoms with Crippen molar-refractivity contribution in [3.63, 3.8) is 0 Å². The number of fused-ring (bicyclic) bond motifs is 3. The first kappa shape index (κ1) is 23.5. The smallest absolute Gasteiger partial charge is 0.334 e. The molecule has 3 fully saturated rings. The van der Waals surface area contributed by atoms with Crippen molar-refractivity contribution in [1.82, 2.24) is 0 Å². The van der Waals surface area contributed by atoms with Crippen LogP contribution < -0.4 is 0 Å². The first-order valence-corrected chi connectivity index (χ1v) is 10.6. The molecule has 0 bridgehead atoms. The molecule has 31 heavy (non-hydrogen) atoms. The monoisotopic (exact) mass is 454 g/mol. The highest BCUT2D eigenvalue weighted by Gasteiger charge is 2.64. The molecule has 7 unspecified atom stereocenters. The van der Waals surface area contributed by atoms with Gasteiger partial charge in [0.05, 0.1) is 17.9 Å². The van der Waals surface area contributed by atoms with Crippen molar-refractivity contribution in [2.24, 2.45) is 17.8 Å². The third kappa shape index (κ3) is 4.16. The van der Waals surface area contributed by atoms with E-state index >= 15 is 0 Å². The van der Waals surface area contributed by atoms with E-state index in [1.54, 1.807) is 0 Å². The lowest BCUT2D eigenvalue weighted by atomic mass is 9.76. The maximum Gasteiger partial charge on any atom is 0.334 e. The summed E-state index contributed by atoms with van der Waals surface area (Å²) in [6.07, 6.45) is -0.921. The Morgan fingerprint density at radius 1 is 1.35 bits per heavy atom. The normalized spacial score (nSPS) is 37.6. The Balaban J connectivity index is 1.89. The van der Waals surface area contributed by atoms with Gasteiger partial charge in [-0.3, -0.25) is 4.79 Å². The minimum atomic E-state index is -1.68. The summed E-state index contributed by atoms with van der Waals surface area (Å²) in [6.45, 7) is 10.6. The number of esters is 3. The SMILES string of the molecule is C=C1CC(OC(=O)C(C)=CCOC(C)=O)C2C(=C)C(=O)OC2C2C1CC(O)C2(O)CCl. The number of aliphatic hydroxyl groups is 2. The number of carbonyl (C=O) groups is 3. The van der Waals surface area contributed by atoms with E-state index in [1.165, 1.54) is 19.9 Å². The van der Waals surface area contributed by atoms with Gasteiger partial charge in [-0.15, -0.1) is 11.6 Å². The van der Waals surface area contributed by atoms with Crippen LogP contribution in [0.15, 0.2) is 36.0 Å². The van der Waals surface area contributed by atoms with E-state index in [9.17, 15) is 24.6 Å². The lowest BCUT2D eigenvalue weighted by Crippen LogP contribution is -2.52. The fourth-order valence-corrected chi connectivity index (χ4v) is 5.22. The molecular weight excluding hydrogens is 428 g/mol. The summed E-state index contributed by atoms with van der Waals surface area (Å²) >= 11 is 6.03. The second-order valence-corrected chi connectivity index (χ2v) is 8.69. The lowest BCUT2D eigenvalue weighted by molar-refractivity contribution is -0.155. The Bertz CT molecular complexity index is 848. The molecule has 1 aliphatic heterocycles. The van der Waals surface area contributed by atoms with E-state index in [1.807, 2.05) is 0 Å². The number of aliphatic hydroxyl groups excluding tert-OH is 1. The van der Waals surface area contributed by atoms with Crippen molar-refractivity contribution >= 4 is 29.5 Å². The summed E-state index contributed by atoms with van der Waals surface area (Å²) < 4.78 is 16.1. The van der Waals surface area contributed by atoms with Gasteiger partial charge in [0, 0.05) is 30.4 Å². The molecule has 9 heteroatoms. The minimum absolute atomic E-state index is 0.0706. The molecular formula is C22H27ClO8. The minimum Gasteiger partial charge on any atom is -0.462 e. The van der Waals surface area contributed by atoms with Gasteiger partial charge >= 0.3 is 17.9 Å². The van der Waals surface area contributed by atoms with Crippen molar-refractivity contribution in [1.29, 1.82) is 0 Å². The maximum absolute atomic E-state index is 12.6. The van der Waals surface area contributed by atoms with E-state index in [-0.39, 0.29) is 42.4 Å². The lowest BCUT2D eigenvalue weighted by Gasteiger charge is -2.37. The zero-order valence-corrected chi connectivity index (χ0v) is 18.3. The zero-order valence-electron chi connectivity index (χ0n) is 17.5. The molecule has 3 rings (SSSR count). The number of ether oxygens (including phenoxy) is 3. The average molecular weight is 455 g/mol. The van der Waals surface area contributed by atoms with Crippen LogP contribution in [0, 0.1) is 17.8 Å². The van der Waals surface area contributed by atoms with Crippen LogP contribution in [-0.4, -0.2) is 64.5 Å². The Labute approximate surface area is 185 Å². The molecule has 1 saturated heterocycles. The van der Waals surface area contributed by atoms with Gasteiger partial charge in [0.1, 0.15) is 24.4 Å². The predicted molar refractivity (Wildman–Crippen MR) is 110 cm³/mol. The molecule has 8 nitrogen and oxygen atoms in total. The van der Waals surface area contributed by atoms with Crippen LogP contribution in [0.1, 0.15) is 26.7 Å². The van der Waals surface area contributed by atoms with Crippen molar-refractivity contribution < 1.29 is 38.8 Å². The zero-order chi connectivity index (χ0) is 23.1. The van der Waals surface area contributed by atoms with Gasteiger partial charge in [0.15, 0.2) is 0 Å². The average Bonchev–Trinajstić information content (AvgIpc) is 3.09. The van der Waals surface area contributed by atoms with Crippen molar-refractivity contribution in [2.45, 2.75) is 50.6 Å². The summed E-state index contributed by atoms with van der Waals surface area (Å²) in [4.78, 5) is 35.9. The van der Waals surface area contributed by atoms with Crippen LogP contribution in [0.2, 0.25) is 0 Å². The van der Waals surface area contributed by atoms with Crippen molar-refractivity contribution in [2.75, 3.05) is 12.5 Å². The Kier molecular flexibility index (Phi) is 6.64. The van der Waals surface area contributed by atoms with E-state index in [4.69, 9.17) is 25.8 Å². The summed E-state index contributed by atoms with van der Waals surface area (Å²) in [6, 6.07) is 0. The van der Waals surface area contributed by atoms with Crippen molar-refractivity contribution in [3.05, 3.63) is 36.0 Å². The molecule has 2 aliphatic carbocycles. The van der Waals surface area contributed by atoms with Gasteiger partial charge in [-0.1, -0.05) is 18.7 Å².